The van der Waals surface area contributed by atoms with Gasteiger partial charge in [-0.25, -0.2) is 0 Å². The maximum absolute atomic E-state index is 5.32. The van der Waals surface area contributed by atoms with Crippen molar-refractivity contribution in [2.75, 3.05) is 47.2 Å². The Morgan fingerprint density at radius 1 is 1.07 bits per heavy atom. The molecule has 86 valence electrons. The fourth-order valence-corrected chi connectivity index (χ4v) is 1.08. The van der Waals surface area contributed by atoms with Crippen LogP contribution in [0.15, 0.2) is 0 Å². The van der Waals surface area contributed by atoms with E-state index in [1.165, 1.54) is 0 Å². The second-order valence-corrected chi connectivity index (χ2v) is 3.27. The van der Waals surface area contributed by atoms with Gasteiger partial charge in [0.25, 0.3) is 0 Å². The van der Waals surface area contributed by atoms with Crippen molar-refractivity contribution in [3.05, 3.63) is 0 Å². The minimum atomic E-state index is 0.416. The van der Waals surface area contributed by atoms with Gasteiger partial charge in [0.05, 0.1) is 19.8 Å². The Hall–Kier alpha value is -0.160. The minimum Gasteiger partial charge on any atom is -0.383 e. The van der Waals surface area contributed by atoms with Crippen LogP contribution < -0.4 is 5.32 Å². The molecule has 0 heterocycles. The lowest BCUT2D eigenvalue weighted by atomic mass is 10.3. The van der Waals surface area contributed by atoms with E-state index in [4.69, 9.17) is 14.2 Å². The van der Waals surface area contributed by atoms with Gasteiger partial charge in [-0.2, -0.15) is 0 Å². The number of hydrogen-bond acceptors (Lipinski definition) is 4. The van der Waals surface area contributed by atoms with Crippen molar-refractivity contribution >= 4 is 0 Å². The van der Waals surface area contributed by atoms with E-state index < -0.39 is 0 Å². The van der Waals surface area contributed by atoms with E-state index in [1.807, 2.05) is 0 Å². The van der Waals surface area contributed by atoms with E-state index >= 15 is 0 Å². The Bertz CT molecular complexity index is 112. The number of ether oxygens (including phenoxy) is 3. The van der Waals surface area contributed by atoms with E-state index in [1.54, 1.807) is 14.2 Å². The SMILES string of the molecule is COCCOCCCNC(C)COC. The van der Waals surface area contributed by atoms with E-state index in [9.17, 15) is 0 Å². The number of nitrogens with one attached hydrogen (secondary N) is 1. The molecule has 0 bridgehead atoms. The maximum Gasteiger partial charge on any atom is 0.0700 e. The Morgan fingerprint density at radius 2 is 1.86 bits per heavy atom. The minimum absolute atomic E-state index is 0.416. The fourth-order valence-electron chi connectivity index (χ4n) is 1.08. The van der Waals surface area contributed by atoms with Crippen LogP contribution >= 0.6 is 0 Å². The van der Waals surface area contributed by atoms with Gasteiger partial charge in [-0.15, -0.1) is 0 Å². The largest absolute Gasteiger partial charge is 0.383 e. The average molecular weight is 205 g/mol. The van der Waals surface area contributed by atoms with E-state index in [-0.39, 0.29) is 0 Å². The van der Waals surface area contributed by atoms with Gasteiger partial charge in [-0.3, -0.25) is 0 Å². The van der Waals surface area contributed by atoms with Gasteiger partial charge in [0, 0.05) is 26.9 Å². The molecule has 4 heteroatoms. The third-order valence-electron chi connectivity index (χ3n) is 1.81. The monoisotopic (exact) mass is 205 g/mol. The zero-order valence-electron chi connectivity index (χ0n) is 9.54. The molecule has 0 amide bonds. The number of rotatable bonds is 10. The predicted molar refractivity (Wildman–Crippen MR) is 56.7 cm³/mol. The van der Waals surface area contributed by atoms with Crippen molar-refractivity contribution in [3.8, 4) is 0 Å². The van der Waals surface area contributed by atoms with Gasteiger partial charge >= 0.3 is 0 Å². The first kappa shape index (κ1) is 13.8. The van der Waals surface area contributed by atoms with Crippen LogP contribution in [0.1, 0.15) is 13.3 Å². The first-order valence-corrected chi connectivity index (χ1v) is 5.10. The second-order valence-electron chi connectivity index (χ2n) is 3.27. The second kappa shape index (κ2) is 10.9. The summed E-state index contributed by atoms with van der Waals surface area (Å²) in [5.41, 5.74) is 0. The Balaban J connectivity index is 2.98. The maximum atomic E-state index is 5.32. The lowest BCUT2D eigenvalue weighted by Crippen LogP contribution is -2.31. The van der Waals surface area contributed by atoms with Crippen molar-refractivity contribution < 1.29 is 14.2 Å². The summed E-state index contributed by atoms with van der Waals surface area (Å²) in [7, 11) is 3.39. The van der Waals surface area contributed by atoms with Crippen LogP contribution in [-0.2, 0) is 14.2 Å². The third-order valence-corrected chi connectivity index (χ3v) is 1.81. The molecule has 0 aliphatic carbocycles. The molecular weight excluding hydrogens is 182 g/mol. The molecule has 14 heavy (non-hydrogen) atoms. The molecule has 0 saturated heterocycles. The highest BCUT2D eigenvalue weighted by atomic mass is 16.5. The molecule has 1 N–H and O–H groups in total. The molecule has 0 aromatic heterocycles. The van der Waals surface area contributed by atoms with Crippen LogP contribution in [0.3, 0.4) is 0 Å². The first-order valence-electron chi connectivity index (χ1n) is 5.10. The molecular formula is C10H23NO3. The van der Waals surface area contributed by atoms with E-state index in [2.05, 4.69) is 12.2 Å². The van der Waals surface area contributed by atoms with Gasteiger partial charge in [-0.1, -0.05) is 0 Å². The molecule has 1 atom stereocenters. The quantitative estimate of drug-likeness (QED) is 0.532. The van der Waals surface area contributed by atoms with Crippen molar-refractivity contribution in [2.24, 2.45) is 0 Å². The Labute approximate surface area is 86.9 Å². The van der Waals surface area contributed by atoms with Crippen LogP contribution in [-0.4, -0.2) is 53.2 Å². The fraction of sp³-hybridized carbons (Fsp3) is 1.00. The Kier molecular flexibility index (Phi) is 10.8. The molecule has 0 saturated carbocycles. The zero-order chi connectivity index (χ0) is 10.6. The van der Waals surface area contributed by atoms with Crippen molar-refractivity contribution in [1.29, 1.82) is 0 Å². The Morgan fingerprint density at radius 3 is 2.50 bits per heavy atom. The smallest absolute Gasteiger partial charge is 0.0700 e. The van der Waals surface area contributed by atoms with Crippen LogP contribution in [0.5, 0.6) is 0 Å². The standard InChI is InChI=1S/C10H23NO3/c1-10(9-13-3)11-5-4-6-14-8-7-12-2/h10-11H,4-9H2,1-3H3. The van der Waals surface area contributed by atoms with Crippen molar-refractivity contribution in [2.45, 2.75) is 19.4 Å². The lowest BCUT2D eigenvalue weighted by molar-refractivity contribution is 0.0688. The third kappa shape index (κ3) is 9.92. The molecule has 0 rings (SSSR count). The molecule has 1 unspecified atom stereocenters. The van der Waals surface area contributed by atoms with Crippen LogP contribution in [0, 0.1) is 0 Å². The molecule has 0 aliphatic rings. The van der Waals surface area contributed by atoms with Crippen LogP contribution in [0.2, 0.25) is 0 Å². The summed E-state index contributed by atoms with van der Waals surface area (Å²) in [6.45, 7) is 5.98. The summed E-state index contributed by atoms with van der Waals surface area (Å²) in [4.78, 5) is 0. The molecule has 0 radical (unpaired) electrons. The van der Waals surface area contributed by atoms with Gasteiger partial charge in [-0.05, 0) is 19.9 Å². The first-order chi connectivity index (χ1) is 6.81. The summed E-state index contributed by atoms with van der Waals surface area (Å²) >= 11 is 0. The van der Waals surface area contributed by atoms with Crippen molar-refractivity contribution in [1.82, 2.24) is 5.32 Å². The van der Waals surface area contributed by atoms with Gasteiger partial charge in [0.15, 0.2) is 0 Å². The van der Waals surface area contributed by atoms with Gasteiger partial charge in [0.1, 0.15) is 0 Å². The summed E-state index contributed by atoms with van der Waals surface area (Å²) in [5.74, 6) is 0. The van der Waals surface area contributed by atoms with E-state index in [0.717, 1.165) is 26.2 Å². The normalized spacial score (nSPS) is 13.1. The van der Waals surface area contributed by atoms with Crippen molar-refractivity contribution in [3.63, 3.8) is 0 Å². The highest BCUT2D eigenvalue weighted by Crippen LogP contribution is 1.85. The summed E-state index contributed by atoms with van der Waals surface area (Å²) in [6.07, 6.45) is 1.03. The molecule has 0 spiro atoms. The summed E-state index contributed by atoms with van der Waals surface area (Å²) in [6, 6.07) is 0.416. The molecule has 4 nitrogen and oxygen atoms in total. The zero-order valence-corrected chi connectivity index (χ0v) is 9.54. The summed E-state index contributed by atoms with van der Waals surface area (Å²) in [5, 5.41) is 3.34. The number of hydrogen-bond donors (Lipinski definition) is 1. The molecule has 0 aliphatic heterocycles. The average Bonchev–Trinajstić information content (AvgIpc) is 2.17. The summed E-state index contributed by atoms with van der Waals surface area (Å²) < 4.78 is 15.2. The van der Waals surface area contributed by atoms with Crippen LogP contribution in [0.25, 0.3) is 0 Å². The molecule has 0 aromatic rings. The predicted octanol–water partition coefficient (Wildman–Crippen LogP) is 0.664. The highest BCUT2D eigenvalue weighted by Gasteiger charge is 1.98. The van der Waals surface area contributed by atoms with Crippen LogP contribution in [0.4, 0.5) is 0 Å². The topological polar surface area (TPSA) is 39.7 Å². The van der Waals surface area contributed by atoms with Gasteiger partial charge < -0.3 is 19.5 Å². The highest BCUT2D eigenvalue weighted by molar-refractivity contribution is 4.58. The number of methoxy groups -OCH3 is 2. The lowest BCUT2D eigenvalue weighted by Gasteiger charge is -2.12. The molecule has 0 aromatic carbocycles. The van der Waals surface area contributed by atoms with E-state index in [0.29, 0.717) is 19.3 Å². The molecule has 0 fully saturated rings. The van der Waals surface area contributed by atoms with Gasteiger partial charge in [0.2, 0.25) is 0 Å².